The number of rotatable bonds is 4. The zero-order valence-corrected chi connectivity index (χ0v) is 13.4. The number of piperidine rings is 2. The van der Waals surface area contributed by atoms with Crippen molar-refractivity contribution in [2.45, 2.75) is 39.5 Å². The minimum Gasteiger partial charge on any atom is -0.355 e. The average molecular weight is 295 g/mol. The maximum Gasteiger partial charge on any atom is 0.223 e. The lowest BCUT2D eigenvalue weighted by Crippen LogP contribution is -2.44. The van der Waals surface area contributed by atoms with Crippen LogP contribution >= 0.6 is 0 Å². The van der Waals surface area contributed by atoms with Crippen LogP contribution in [0.25, 0.3) is 0 Å². The number of nitrogens with one attached hydrogen (secondary N) is 1. The van der Waals surface area contributed by atoms with Crippen molar-refractivity contribution < 1.29 is 9.59 Å². The molecular formula is C16H29N3O2. The Labute approximate surface area is 128 Å². The van der Waals surface area contributed by atoms with Crippen LogP contribution in [-0.4, -0.2) is 60.9 Å². The molecule has 5 heteroatoms. The lowest BCUT2D eigenvalue weighted by Gasteiger charge is -2.32. The first-order chi connectivity index (χ1) is 10.1. The molecule has 2 amide bonds. The Balaban J connectivity index is 1.62. The number of carbonyl (C=O) groups excluding carboxylic acids is 2. The maximum atomic E-state index is 12.1. The van der Waals surface area contributed by atoms with Crippen LogP contribution in [0.2, 0.25) is 0 Å². The second-order valence-corrected chi connectivity index (χ2v) is 6.62. The lowest BCUT2D eigenvalue weighted by atomic mass is 9.96. The Kier molecular flexibility index (Phi) is 6.03. The van der Waals surface area contributed by atoms with Crippen LogP contribution in [0.15, 0.2) is 0 Å². The van der Waals surface area contributed by atoms with Crippen LogP contribution in [-0.2, 0) is 9.59 Å². The summed E-state index contributed by atoms with van der Waals surface area (Å²) in [6.07, 6.45) is 4.20. The molecule has 0 aliphatic carbocycles. The van der Waals surface area contributed by atoms with Gasteiger partial charge < -0.3 is 15.1 Å². The van der Waals surface area contributed by atoms with Crippen molar-refractivity contribution in [2.75, 3.05) is 39.3 Å². The van der Waals surface area contributed by atoms with Crippen molar-refractivity contribution in [1.82, 2.24) is 15.1 Å². The molecule has 2 rings (SSSR count). The summed E-state index contributed by atoms with van der Waals surface area (Å²) in [5, 5.41) is 3.07. The summed E-state index contributed by atoms with van der Waals surface area (Å²) in [7, 11) is 0. The summed E-state index contributed by atoms with van der Waals surface area (Å²) < 4.78 is 0. The smallest absolute Gasteiger partial charge is 0.223 e. The Morgan fingerprint density at radius 1 is 1.14 bits per heavy atom. The van der Waals surface area contributed by atoms with Crippen LogP contribution in [0.5, 0.6) is 0 Å². The molecule has 1 N–H and O–H groups in total. The molecule has 0 aromatic rings. The molecule has 120 valence electrons. The van der Waals surface area contributed by atoms with Crippen LogP contribution in [0.3, 0.4) is 0 Å². The molecule has 0 aromatic carbocycles. The average Bonchev–Trinajstić information content (AvgIpc) is 2.47. The van der Waals surface area contributed by atoms with E-state index in [-0.39, 0.29) is 17.7 Å². The summed E-state index contributed by atoms with van der Waals surface area (Å²) in [6, 6.07) is 0. The molecule has 2 fully saturated rings. The molecule has 0 aromatic heterocycles. The predicted molar refractivity (Wildman–Crippen MR) is 82.8 cm³/mol. The first-order valence-corrected chi connectivity index (χ1v) is 8.32. The van der Waals surface area contributed by atoms with Gasteiger partial charge in [-0.2, -0.15) is 0 Å². The van der Waals surface area contributed by atoms with E-state index in [1.807, 2.05) is 4.90 Å². The second-order valence-electron chi connectivity index (χ2n) is 6.62. The standard InChI is InChI=1S/C16H29N3O2/c1-13-4-3-8-18(12-13)11-7-17-16(21)15-5-9-19(10-6-15)14(2)20/h13,15H,3-12H2,1-2H3,(H,17,21)/t13-/m1/s1. The lowest BCUT2D eigenvalue weighted by molar-refractivity contribution is -0.133. The SMILES string of the molecule is CC(=O)N1CCC(C(=O)NCCN2CCC[C@@H](C)C2)CC1. The van der Waals surface area contributed by atoms with Crippen molar-refractivity contribution in [2.24, 2.45) is 11.8 Å². The van der Waals surface area contributed by atoms with Gasteiger partial charge in [0, 0.05) is 45.6 Å². The summed E-state index contributed by atoms with van der Waals surface area (Å²) in [5.74, 6) is 1.16. The van der Waals surface area contributed by atoms with Crippen LogP contribution in [0.1, 0.15) is 39.5 Å². The van der Waals surface area contributed by atoms with Gasteiger partial charge in [0.05, 0.1) is 0 Å². The van der Waals surface area contributed by atoms with E-state index in [1.165, 1.54) is 12.8 Å². The first kappa shape index (κ1) is 16.3. The summed E-state index contributed by atoms with van der Waals surface area (Å²) in [4.78, 5) is 27.7. The second kappa shape index (κ2) is 7.78. The zero-order valence-electron chi connectivity index (χ0n) is 13.4. The summed E-state index contributed by atoms with van der Waals surface area (Å²) in [6.45, 7) is 9.37. The van der Waals surface area contributed by atoms with Gasteiger partial charge in [0.25, 0.3) is 0 Å². The van der Waals surface area contributed by atoms with Gasteiger partial charge in [-0.3, -0.25) is 9.59 Å². The van der Waals surface area contributed by atoms with Gasteiger partial charge in [-0.25, -0.2) is 0 Å². The predicted octanol–water partition coefficient (Wildman–Crippen LogP) is 1.09. The van der Waals surface area contributed by atoms with Gasteiger partial charge in [-0.05, 0) is 38.1 Å². The van der Waals surface area contributed by atoms with Crippen molar-refractivity contribution in [3.8, 4) is 0 Å². The zero-order chi connectivity index (χ0) is 15.2. The van der Waals surface area contributed by atoms with Gasteiger partial charge in [0.15, 0.2) is 0 Å². The fourth-order valence-electron chi connectivity index (χ4n) is 3.43. The fourth-order valence-corrected chi connectivity index (χ4v) is 3.43. The molecule has 2 aliphatic rings. The summed E-state index contributed by atoms with van der Waals surface area (Å²) >= 11 is 0. The molecule has 0 spiro atoms. The van der Waals surface area contributed by atoms with Crippen LogP contribution < -0.4 is 5.32 Å². The Morgan fingerprint density at radius 2 is 1.86 bits per heavy atom. The number of carbonyl (C=O) groups is 2. The molecule has 0 radical (unpaired) electrons. The van der Waals surface area contributed by atoms with E-state index >= 15 is 0 Å². The molecule has 0 saturated carbocycles. The van der Waals surface area contributed by atoms with E-state index in [9.17, 15) is 9.59 Å². The third-order valence-corrected chi connectivity index (χ3v) is 4.78. The number of nitrogens with zero attached hydrogens (tertiary/aromatic N) is 2. The third kappa shape index (κ3) is 4.99. The molecule has 2 aliphatic heterocycles. The van der Waals surface area contributed by atoms with E-state index in [0.717, 1.165) is 58.0 Å². The number of hydrogen-bond acceptors (Lipinski definition) is 3. The molecule has 0 unspecified atom stereocenters. The van der Waals surface area contributed by atoms with Crippen LogP contribution in [0.4, 0.5) is 0 Å². The molecule has 1 atom stereocenters. The van der Waals surface area contributed by atoms with Gasteiger partial charge in [-0.1, -0.05) is 6.92 Å². The highest BCUT2D eigenvalue weighted by Gasteiger charge is 2.25. The van der Waals surface area contributed by atoms with Crippen molar-refractivity contribution in [1.29, 1.82) is 0 Å². The van der Waals surface area contributed by atoms with E-state index in [2.05, 4.69) is 17.1 Å². The number of amides is 2. The first-order valence-electron chi connectivity index (χ1n) is 8.32. The minimum atomic E-state index is 0.0841. The van der Waals surface area contributed by atoms with E-state index in [4.69, 9.17) is 0 Å². The van der Waals surface area contributed by atoms with Crippen molar-refractivity contribution >= 4 is 11.8 Å². The minimum absolute atomic E-state index is 0.0841. The monoisotopic (exact) mass is 295 g/mol. The third-order valence-electron chi connectivity index (χ3n) is 4.78. The number of hydrogen-bond donors (Lipinski definition) is 1. The molecule has 21 heavy (non-hydrogen) atoms. The molecule has 5 nitrogen and oxygen atoms in total. The van der Waals surface area contributed by atoms with Gasteiger partial charge >= 0.3 is 0 Å². The quantitative estimate of drug-likeness (QED) is 0.845. The van der Waals surface area contributed by atoms with Crippen molar-refractivity contribution in [3.63, 3.8) is 0 Å². The maximum absolute atomic E-state index is 12.1. The highest BCUT2D eigenvalue weighted by atomic mass is 16.2. The molecule has 0 bridgehead atoms. The highest BCUT2D eigenvalue weighted by Crippen LogP contribution is 2.17. The van der Waals surface area contributed by atoms with Crippen LogP contribution in [0, 0.1) is 11.8 Å². The number of likely N-dealkylation sites (tertiary alicyclic amines) is 2. The topological polar surface area (TPSA) is 52.7 Å². The summed E-state index contributed by atoms with van der Waals surface area (Å²) in [5.41, 5.74) is 0. The fraction of sp³-hybridized carbons (Fsp3) is 0.875. The largest absolute Gasteiger partial charge is 0.355 e. The Bertz CT molecular complexity index is 365. The van der Waals surface area contributed by atoms with E-state index in [0.29, 0.717) is 0 Å². The Morgan fingerprint density at radius 3 is 2.48 bits per heavy atom. The van der Waals surface area contributed by atoms with Gasteiger partial charge in [0.2, 0.25) is 11.8 Å². The Hall–Kier alpha value is -1.10. The van der Waals surface area contributed by atoms with E-state index in [1.54, 1.807) is 6.92 Å². The highest BCUT2D eigenvalue weighted by molar-refractivity contribution is 5.79. The molecule has 2 saturated heterocycles. The normalized spacial score (nSPS) is 24.9. The van der Waals surface area contributed by atoms with Gasteiger partial charge in [-0.15, -0.1) is 0 Å². The van der Waals surface area contributed by atoms with E-state index < -0.39 is 0 Å². The molecular weight excluding hydrogens is 266 g/mol. The van der Waals surface area contributed by atoms with Crippen molar-refractivity contribution in [3.05, 3.63) is 0 Å². The van der Waals surface area contributed by atoms with Gasteiger partial charge in [0.1, 0.15) is 0 Å². The molecule has 2 heterocycles.